The summed E-state index contributed by atoms with van der Waals surface area (Å²) in [4.78, 5) is 30.7. The second kappa shape index (κ2) is 10.4. The Hall–Kier alpha value is -3.85. The molecule has 1 atom stereocenters. The molecule has 0 radical (unpaired) electrons. The molecule has 0 saturated heterocycles. The number of aliphatic hydroxyl groups is 1. The van der Waals surface area contributed by atoms with Crippen LogP contribution in [-0.2, 0) is 13.2 Å². The van der Waals surface area contributed by atoms with Gasteiger partial charge in [-0.25, -0.2) is 4.79 Å². The average Bonchev–Trinajstić information content (AvgIpc) is 3.16. The summed E-state index contributed by atoms with van der Waals surface area (Å²) in [6, 6.07) is 5.34. The lowest BCUT2D eigenvalue weighted by molar-refractivity contribution is -0.275. The Morgan fingerprint density at radius 3 is 2.44 bits per heavy atom. The van der Waals surface area contributed by atoms with Gasteiger partial charge in [0, 0.05) is 22.8 Å². The first kappa shape index (κ1) is 28.2. The molecule has 3 aromatic heterocycles. The number of halogens is 6. The van der Waals surface area contributed by atoms with E-state index in [9.17, 15) is 41.0 Å². The van der Waals surface area contributed by atoms with Crippen LogP contribution >= 0.6 is 11.3 Å². The van der Waals surface area contributed by atoms with Gasteiger partial charge in [0.25, 0.3) is 5.56 Å². The van der Waals surface area contributed by atoms with E-state index in [0.717, 1.165) is 11.6 Å². The number of rotatable bonds is 7. The number of hydrogen-bond acceptors (Lipinski definition) is 7. The third kappa shape index (κ3) is 6.25. The number of aryl methyl sites for hydroxylation is 2. The van der Waals surface area contributed by atoms with Crippen molar-refractivity contribution in [3.63, 3.8) is 0 Å². The standard InChI is InChI=1S/C24H19F6N3O5S/c1-11-5-13(8-31-7-11)10-37-15-4-3-14(6-16(15)38-24(28,29)30)19-12(2)18-20(35)32-22(36)33(21(18)39-19)9-17(34)23(25,26)27/h3-8,17,34H,9-10H2,1-2H3,(H,32,35,36)/t17-/m1/s1. The van der Waals surface area contributed by atoms with Gasteiger partial charge in [0.05, 0.1) is 11.9 Å². The summed E-state index contributed by atoms with van der Waals surface area (Å²) in [5.74, 6) is -0.948. The quantitative estimate of drug-likeness (QED) is 0.306. The van der Waals surface area contributed by atoms with Crippen molar-refractivity contribution >= 4 is 21.6 Å². The van der Waals surface area contributed by atoms with Crippen LogP contribution in [0.4, 0.5) is 26.3 Å². The number of nitrogens with zero attached hydrogens (tertiary/aromatic N) is 2. The van der Waals surface area contributed by atoms with Crippen LogP contribution in [-0.4, -0.2) is 38.3 Å². The number of aromatic nitrogens is 3. The second-order valence-electron chi connectivity index (χ2n) is 8.53. The van der Waals surface area contributed by atoms with Crippen LogP contribution < -0.4 is 20.7 Å². The summed E-state index contributed by atoms with van der Waals surface area (Å²) < 4.78 is 88.7. The highest BCUT2D eigenvalue weighted by Crippen LogP contribution is 2.41. The molecule has 0 amide bonds. The summed E-state index contributed by atoms with van der Waals surface area (Å²) in [5.41, 5.74) is -0.355. The zero-order chi connectivity index (χ0) is 28.7. The van der Waals surface area contributed by atoms with E-state index in [4.69, 9.17) is 4.74 Å². The smallest absolute Gasteiger partial charge is 0.485 e. The monoisotopic (exact) mass is 575 g/mol. The number of aromatic amines is 1. The number of nitrogens with one attached hydrogen (secondary N) is 1. The number of aliphatic hydroxyl groups excluding tert-OH is 1. The highest BCUT2D eigenvalue weighted by molar-refractivity contribution is 7.22. The third-order valence-corrected chi connectivity index (χ3v) is 6.92. The van der Waals surface area contributed by atoms with Gasteiger partial charge < -0.3 is 14.6 Å². The van der Waals surface area contributed by atoms with Gasteiger partial charge in [-0.05, 0) is 54.8 Å². The number of hydrogen-bond donors (Lipinski definition) is 2. The van der Waals surface area contributed by atoms with E-state index in [-0.39, 0.29) is 38.6 Å². The van der Waals surface area contributed by atoms with Crippen LogP contribution in [0.25, 0.3) is 20.7 Å². The zero-order valence-corrected chi connectivity index (χ0v) is 20.9. The Kier molecular flexibility index (Phi) is 7.49. The molecular weight excluding hydrogens is 556 g/mol. The molecular formula is C24H19F6N3O5S. The number of ether oxygens (including phenoxy) is 2. The maximum atomic E-state index is 13.2. The Bertz CT molecular complexity index is 1640. The molecule has 2 N–H and O–H groups in total. The summed E-state index contributed by atoms with van der Waals surface area (Å²) in [6.45, 7) is 1.90. The molecule has 0 aliphatic heterocycles. The highest BCUT2D eigenvalue weighted by Gasteiger charge is 2.39. The van der Waals surface area contributed by atoms with E-state index in [0.29, 0.717) is 21.5 Å². The van der Waals surface area contributed by atoms with E-state index in [1.165, 1.54) is 25.3 Å². The molecule has 208 valence electrons. The molecule has 15 heteroatoms. The minimum atomic E-state index is -5.08. The number of fused-ring (bicyclic) bond motifs is 1. The van der Waals surface area contributed by atoms with E-state index in [1.807, 2.05) is 4.98 Å². The lowest BCUT2D eigenvalue weighted by Crippen LogP contribution is -2.38. The first-order valence-electron chi connectivity index (χ1n) is 11.1. The molecule has 4 rings (SSSR count). The zero-order valence-electron chi connectivity index (χ0n) is 20.1. The lowest BCUT2D eigenvalue weighted by Gasteiger charge is -2.16. The Balaban J connectivity index is 1.79. The Morgan fingerprint density at radius 2 is 1.79 bits per heavy atom. The topological polar surface area (TPSA) is 106 Å². The summed E-state index contributed by atoms with van der Waals surface area (Å²) in [6.07, 6.45) is -9.94. The van der Waals surface area contributed by atoms with Crippen LogP contribution in [0.15, 0.2) is 46.2 Å². The molecule has 4 aromatic rings. The number of thiophene rings is 1. The van der Waals surface area contributed by atoms with Crippen molar-refractivity contribution in [3.05, 3.63) is 74.2 Å². The van der Waals surface area contributed by atoms with E-state index < -0.39 is 42.2 Å². The van der Waals surface area contributed by atoms with E-state index >= 15 is 0 Å². The maximum Gasteiger partial charge on any atom is 0.573 e. The fraction of sp³-hybridized carbons (Fsp3) is 0.292. The third-order valence-electron chi connectivity index (χ3n) is 5.56. The maximum absolute atomic E-state index is 13.2. The highest BCUT2D eigenvalue weighted by atomic mass is 32.1. The molecule has 0 bridgehead atoms. The van der Waals surface area contributed by atoms with Crippen LogP contribution in [0.5, 0.6) is 11.5 Å². The van der Waals surface area contributed by atoms with Gasteiger partial charge in [0.2, 0.25) is 0 Å². The van der Waals surface area contributed by atoms with Crippen molar-refractivity contribution in [2.45, 2.75) is 45.6 Å². The predicted molar refractivity (Wildman–Crippen MR) is 129 cm³/mol. The van der Waals surface area contributed by atoms with E-state index in [2.05, 4.69) is 9.72 Å². The summed E-state index contributed by atoms with van der Waals surface area (Å²) >= 11 is 0.708. The average molecular weight is 575 g/mol. The SMILES string of the molecule is Cc1cncc(COc2ccc(-c3sc4c(c3C)c(=O)[nH]c(=O)n4C[C@@H](O)C(F)(F)F)cc2OC(F)(F)F)c1. The minimum absolute atomic E-state index is 0.118. The number of H-pyrrole nitrogens is 1. The predicted octanol–water partition coefficient (Wildman–Crippen LogP) is 4.83. The van der Waals surface area contributed by atoms with Gasteiger partial charge in [-0.3, -0.25) is 19.3 Å². The first-order chi connectivity index (χ1) is 18.1. The fourth-order valence-electron chi connectivity index (χ4n) is 3.82. The molecule has 0 spiro atoms. The van der Waals surface area contributed by atoms with Gasteiger partial charge in [0.15, 0.2) is 17.6 Å². The molecule has 0 saturated carbocycles. The van der Waals surface area contributed by atoms with E-state index in [1.54, 1.807) is 19.2 Å². The summed E-state index contributed by atoms with van der Waals surface area (Å²) in [5, 5.41) is 9.35. The van der Waals surface area contributed by atoms with Crippen molar-refractivity contribution in [1.29, 1.82) is 0 Å². The molecule has 8 nitrogen and oxygen atoms in total. The van der Waals surface area contributed by atoms with Crippen LogP contribution in [0, 0.1) is 13.8 Å². The molecule has 0 unspecified atom stereocenters. The van der Waals surface area contributed by atoms with Gasteiger partial charge in [-0.2, -0.15) is 13.2 Å². The molecule has 39 heavy (non-hydrogen) atoms. The molecule has 1 aromatic carbocycles. The molecule has 0 aliphatic carbocycles. The number of benzene rings is 1. The Labute approximate surface area is 219 Å². The van der Waals surface area contributed by atoms with Crippen molar-refractivity contribution in [1.82, 2.24) is 14.5 Å². The largest absolute Gasteiger partial charge is 0.573 e. The van der Waals surface area contributed by atoms with Crippen molar-refractivity contribution < 1.29 is 40.9 Å². The number of alkyl halides is 6. The van der Waals surface area contributed by atoms with Crippen LogP contribution in [0.1, 0.15) is 16.7 Å². The Morgan fingerprint density at radius 1 is 1.08 bits per heavy atom. The van der Waals surface area contributed by atoms with Crippen LogP contribution in [0.2, 0.25) is 0 Å². The first-order valence-corrected chi connectivity index (χ1v) is 11.9. The molecule has 3 heterocycles. The van der Waals surface area contributed by atoms with Gasteiger partial charge in [0.1, 0.15) is 11.4 Å². The van der Waals surface area contributed by atoms with Crippen molar-refractivity contribution in [2.24, 2.45) is 0 Å². The fourth-order valence-corrected chi connectivity index (χ4v) is 5.13. The molecule has 0 fully saturated rings. The van der Waals surface area contributed by atoms with Crippen molar-refractivity contribution in [2.75, 3.05) is 0 Å². The van der Waals surface area contributed by atoms with Crippen molar-refractivity contribution in [3.8, 4) is 21.9 Å². The second-order valence-corrected chi connectivity index (χ2v) is 9.53. The van der Waals surface area contributed by atoms with Gasteiger partial charge >= 0.3 is 18.2 Å². The van der Waals surface area contributed by atoms with Gasteiger partial charge in [-0.15, -0.1) is 24.5 Å². The number of pyridine rings is 1. The lowest BCUT2D eigenvalue weighted by atomic mass is 10.1. The normalized spacial score (nSPS) is 13.1. The van der Waals surface area contributed by atoms with Gasteiger partial charge in [-0.1, -0.05) is 0 Å². The van der Waals surface area contributed by atoms with Crippen LogP contribution in [0.3, 0.4) is 0 Å². The molecule has 0 aliphatic rings. The summed E-state index contributed by atoms with van der Waals surface area (Å²) in [7, 11) is 0. The minimum Gasteiger partial charge on any atom is -0.485 e.